The maximum Gasteiger partial charge on any atom is 0.261 e. The number of nitrogens with one attached hydrogen (secondary N) is 1. The highest BCUT2D eigenvalue weighted by molar-refractivity contribution is 7.12. The lowest BCUT2D eigenvalue weighted by Gasteiger charge is -2.54. The fourth-order valence-corrected chi connectivity index (χ4v) is 6.74. The van der Waals surface area contributed by atoms with E-state index in [1.54, 1.807) is 0 Å². The van der Waals surface area contributed by atoms with Crippen molar-refractivity contribution in [3.63, 3.8) is 0 Å². The van der Waals surface area contributed by atoms with Crippen LogP contribution < -0.4 is 10.1 Å². The standard InChI is InChI=1S/C23H26ClNO2S/c1-13-4-19(2-3-20(13)24)27-11-16-10-21(28-12-16)23(26)25-22-17-6-14-5-15(8-17)9-18(22)7-14/h2-4,10,12,14-15,17-18,22H,5-9,11H2,1H3,(H,25,26). The van der Waals surface area contributed by atoms with Gasteiger partial charge >= 0.3 is 0 Å². The van der Waals surface area contributed by atoms with E-state index in [0.29, 0.717) is 24.5 Å². The summed E-state index contributed by atoms with van der Waals surface area (Å²) in [5.41, 5.74) is 2.04. The predicted molar refractivity (Wildman–Crippen MR) is 113 cm³/mol. The Morgan fingerprint density at radius 3 is 2.54 bits per heavy atom. The lowest BCUT2D eigenvalue weighted by molar-refractivity contribution is -0.0119. The van der Waals surface area contributed by atoms with Crippen LogP contribution in [-0.2, 0) is 6.61 Å². The quantitative estimate of drug-likeness (QED) is 0.665. The lowest BCUT2D eigenvalue weighted by Crippen LogP contribution is -2.55. The highest BCUT2D eigenvalue weighted by Crippen LogP contribution is 2.53. The van der Waals surface area contributed by atoms with Gasteiger partial charge in [0, 0.05) is 16.6 Å². The summed E-state index contributed by atoms with van der Waals surface area (Å²) in [7, 11) is 0. The van der Waals surface area contributed by atoms with E-state index in [2.05, 4.69) is 5.32 Å². The van der Waals surface area contributed by atoms with E-state index in [4.69, 9.17) is 16.3 Å². The maximum atomic E-state index is 12.9. The molecule has 4 fully saturated rings. The second kappa shape index (κ2) is 7.38. The fourth-order valence-electron chi connectivity index (χ4n) is 5.83. The van der Waals surface area contributed by atoms with Gasteiger partial charge in [-0.1, -0.05) is 11.6 Å². The predicted octanol–water partition coefficient (Wildman–Crippen LogP) is 5.84. The van der Waals surface area contributed by atoms with Crippen molar-refractivity contribution in [3.8, 4) is 5.75 Å². The molecule has 4 saturated carbocycles. The van der Waals surface area contributed by atoms with Crippen LogP contribution in [0.2, 0.25) is 5.02 Å². The van der Waals surface area contributed by atoms with Crippen molar-refractivity contribution >= 4 is 28.8 Å². The second-order valence-corrected chi connectivity index (χ2v) is 10.3. The molecule has 5 heteroatoms. The lowest BCUT2D eigenvalue weighted by atomic mass is 9.54. The topological polar surface area (TPSA) is 38.3 Å². The van der Waals surface area contributed by atoms with Crippen molar-refractivity contribution < 1.29 is 9.53 Å². The first-order chi connectivity index (χ1) is 13.5. The smallest absolute Gasteiger partial charge is 0.261 e. The molecule has 1 aromatic carbocycles. The molecule has 0 atom stereocenters. The highest BCUT2D eigenvalue weighted by Gasteiger charge is 2.48. The monoisotopic (exact) mass is 415 g/mol. The number of thiophene rings is 1. The van der Waals surface area contributed by atoms with E-state index in [-0.39, 0.29) is 5.91 Å². The van der Waals surface area contributed by atoms with Gasteiger partial charge in [-0.15, -0.1) is 11.3 Å². The van der Waals surface area contributed by atoms with Gasteiger partial charge in [-0.2, -0.15) is 0 Å². The summed E-state index contributed by atoms with van der Waals surface area (Å²) in [5, 5.41) is 6.16. The van der Waals surface area contributed by atoms with Crippen LogP contribution in [0, 0.1) is 30.6 Å². The number of ether oxygens (including phenoxy) is 1. The first-order valence-electron chi connectivity index (χ1n) is 10.3. The van der Waals surface area contributed by atoms with E-state index < -0.39 is 0 Å². The Morgan fingerprint density at radius 1 is 1.14 bits per heavy atom. The van der Waals surface area contributed by atoms with E-state index in [1.165, 1.54) is 43.4 Å². The molecule has 0 aliphatic heterocycles. The van der Waals surface area contributed by atoms with Crippen molar-refractivity contribution in [2.24, 2.45) is 23.7 Å². The number of benzene rings is 1. The summed E-state index contributed by atoms with van der Waals surface area (Å²) in [6.07, 6.45) is 6.73. The molecule has 1 aromatic heterocycles. The molecule has 4 aliphatic carbocycles. The minimum absolute atomic E-state index is 0.0936. The van der Waals surface area contributed by atoms with Crippen LogP contribution >= 0.6 is 22.9 Å². The number of aryl methyl sites for hydroxylation is 1. The van der Waals surface area contributed by atoms with Gasteiger partial charge in [0.15, 0.2) is 0 Å². The average molecular weight is 416 g/mol. The Bertz CT molecular complexity index is 864. The van der Waals surface area contributed by atoms with E-state index >= 15 is 0 Å². The van der Waals surface area contributed by atoms with Crippen LogP contribution in [0.5, 0.6) is 5.75 Å². The van der Waals surface area contributed by atoms with Gasteiger partial charge in [0.1, 0.15) is 12.4 Å². The van der Waals surface area contributed by atoms with Crippen LogP contribution in [0.25, 0.3) is 0 Å². The highest BCUT2D eigenvalue weighted by atomic mass is 35.5. The van der Waals surface area contributed by atoms with Crippen molar-refractivity contribution in [3.05, 3.63) is 50.7 Å². The van der Waals surface area contributed by atoms with Crippen molar-refractivity contribution in [1.29, 1.82) is 0 Å². The van der Waals surface area contributed by atoms with Crippen LogP contribution in [0.3, 0.4) is 0 Å². The molecule has 0 radical (unpaired) electrons. The molecule has 28 heavy (non-hydrogen) atoms. The first kappa shape index (κ1) is 18.5. The van der Waals surface area contributed by atoms with Gasteiger partial charge in [-0.25, -0.2) is 0 Å². The Morgan fingerprint density at radius 2 is 1.86 bits per heavy atom. The zero-order valence-corrected chi connectivity index (χ0v) is 17.7. The van der Waals surface area contributed by atoms with Gasteiger partial charge < -0.3 is 10.1 Å². The number of hydrogen-bond acceptors (Lipinski definition) is 3. The third-order valence-corrected chi connectivity index (χ3v) is 8.34. The van der Waals surface area contributed by atoms with Crippen molar-refractivity contribution in [1.82, 2.24) is 5.32 Å². The molecule has 1 N–H and O–H groups in total. The van der Waals surface area contributed by atoms with Gasteiger partial charge in [0.25, 0.3) is 5.91 Å². The third-order valence-electron chi connectivity index (χ3n) is 6.94. The molecule has 2 aromatic rings. The van der Waals surface area contributed by atoms with Crippen molar-refractivity contribution in [2.45, 2.75) is 51.7 Å². The zero-order valence-electron chi connectivity index (χ0n) is 16.1. The Kier molecular flexibility index (Phi) is 4.88. The third kappa shape index (κ3) is 3.57. The number of amides is 1. The Hall–Kier alpha value is -1.52. The summed E-state index contributed by atoms with van der Waals surface area (Å²) < 4.78 is 5.86. The van der Waals surface area contributed by atoms with Gasteiger partial charge in [0.05, 0.1) is 4.88 Å². The van der Waals surface area contributed by atoms with Gasteiger partial charge in [0.2, 0.25) is 0 Å². The number of carbonyl (C=O) groups excluding carboxylic acids is 1. The minimum atomic E-state index is 0.0936. The van der Waals surface area contributed by atoms with Crippen LogP contribution in [0.1, 0.15) is 52.9 Å². The van der Waals surface area contributed by atoms with Crippen LogP contribution in [-0.4, -0.2) is 11.9 Å². The zero-order chi connectivity index (χ0) is 19.3. The molecular weight excluding hydrogens is 390 g/mol. The maximum absolute atomic E-state index is 12.9. The van der Waals surface area contributed by atoms with Crippen molar-refractivity contribution in [2.75, 3.05) is 0 Å². The van der Waals surface area contributed by atoms with E-state index in [1.807, 2.05) is 36.6 Å². The van der Waals surface area contributed by atoms with Gasteiger partial charge in [-0.3, -0.25) is 4.79 Å². The molecule has 1 heterocycles. The number of carbonyl (C=O) groups is 1. The summed E-state index contributed by atoms with van der Waals surface area (Å²) in [5.74, 6) is 4.16. The molecule has 0 unspecified atom stereocenters. The molecule has 148 valence electrons. The molecule has 0 saturated heterocycles. The summed E-state index contributed by atoms with van der Waals surface area (Å²) in [6.45, 7) is 2.43. The fraction of sp³-hybridized carbons (Fsp3) is 0.522. The molecular formula is C23H26ClNO2S. The Balaban J connectivity index is 1.20. The summed E-state index contributed by atoms with van der Waals surface area (Å²) in [6, 6.07) is 8.03. The van der Waals surface area contributed by atoms with Gasteiger partial charge in [-0.05, 0) is 97.9 Å². The minimum Gasteiger partial charge on any atom is -0.489 e. The molecule has 3 nitrogen and oxygen atoms in total. The number of hydrogen-bond donors (Lipinski definition) is 1. The SMILES string of the molecule is Cc1cc(OCc2csc(C(=O)NC3C4CC5CC(C4)CC3C5)c2)ccc1Cl. The molecule has 1 amide bonds. The van der Waals surface area contributed by atoms with E-state index in [9.17, 15) is 4.79 Å². The normalized spacial score (nSPS) is 30.4. The Labute approximate surface area is 175 Å². The summed E-state index contributed by atoms with van der Waals surface area (Å²) in [4.78, 5) is 13.6. The largest absolute Gasteiger partial charge is 0.489 e. The molecule has 0 spiro atoms. The average Bonchev–Trinajstić information content (AvgIpc) is 3.14. The molecule has 4 aliphatic rings. The van der Waals surface area contributed by atoms with E-state index in [0.717, 1.165) is 38.6 Å². The van der Waals surface area contributed by atoms with Crippen LogP contribution in [0.15, 0.2) is 29.6 Å². The number of rotatable bonds is 5. The van der Waals surface area contributed by atoms with Crippen LogP contribution in [0.4, 0.5) is 0 Å². The first-order valence-corrected chi connectivity index (χ1v) is 11.6. The second-order valence-electron chi connectivity index (χ2n) is 8.95. The molecule has 4 bridgehead atoms. The number of halogens is 1. The molecule has 6 rings (SSSR count). The summed E-state index contributed by atoms with van der Waals surface area (Å²) >= 11 is 7.57.